The second-order valence-electron chi connectivity index (χ2n) is 14.8. The van der Waals surface area contributed by atoms with Gasteiger partial charge in [0.15, 0.2) is 16.6 Å². The van der Waals surface area contributed by atoms with E-state index >= 15 is 0 Å². The molecule has 0 fully saturated rings. The zero-order valence-electron chi connectivity index (χ0n) is 28.2. The lowest BCUT2D eigenvalue weighted by molar-refractivity contribution is -0.117. The Labute approximate surface area is 248 Å². The van der Waals surface area contributed by atoms with E-state index in [1.165, 1.54) is 77.0 Å². The van der Waals surface area contributed by atoms with Gasteiger partial charge in [-0.25, -0.2) is 0 Å². The van der Waals surface area contributed by atoms with Crippen LogP contribution in [0.15, 0.2) is 0 Å². The second kappa shape index (κ2) is 19.6. The van der Waals surface area contributed by atoms with Gasteiger partial charge in [0, 0.05) is 13.2 Å². The van der Waals surface area contributed by atoms with Crippen molar-refractivity contribution in [2.75, 3.05) is 19.8 Å². The maximum absolute atomic E-state index is 11.4. The van der Waals surface area contributed by atoms with Crippen LogP contribution in [0.3, 0.4) is 0 Å². The number of ether oxygens (including phenoxy) is 1. The first-order chi connectivity index (χ1) is 18.0. The molecule has 0 aromatic carbocycles. The molecule has 0 amide bonds. The van der Waals surface area contributed by atoms with Gasteiger partial charge in [0.2, 0.25) is 0 Å². The van der Waals surface area contributed by atoms with Gasteiger partial charge in [0.05, 0.1) is 6.61 Å². The molecule has 0 heterocycles. The number of aliphatic hydroxyl groups is 1. The van der Waals surface area contributed by atoms with Crippen molar-refractivity contribution in [2.45, 2.75) is 175 Å². The summed E-state index contributed by atoms with van der Waals surface area (Å²) in [5.74, 6) is 0. The van der Waals surface area contributed by atoms with Crippen LogP contribution in [0.4, 0.5) is 0 Å². The van der Waals surface area contributed by atoms with Crippen LogP contribution in [0.2, 0.25) is 51.9 Å². The summed E-state index contributed by atoms with van der Waals surface area (Å²) in [5.41, 5.74) is 4.83. The minimum atomic E-state index is -2.25. The average Bonchev–Trinajstić information content (AvgIpc) is 2.79. The van der Waals surface area contributed by atoms with Crippen LogP contribution in [0.25, 0.3) is 0 Å². The van der Waals surface area contributed by atoms with Gasteiger partial charge in [0.1, 0.15) is 5.60 Å². The maximum atomic E-state index is 11.4. The zero-order valence-corrected chi connectivity index (χ0v) is 31.2. The first kappa shape index (κ1) is 39.5. The van der Waals surface area contributed by atoms with Crippen molar-refractivity contribution in [2.24, 2.45) is 11.1 Å². The number of unbranched alkanes of at least 4 members (excludes halogenated alkanes) is 12. The topological polar surface area (TPSA) is 73.9 Å². The third-order valence-electron chi connectivity index (χ3n) is 7.81. The third-order valence-corrected chi connectivity index (χ3v) is 17.4. The van der Waals surface area contributed by atoms with E-state index in [0.717, 1.165) is 25.3 Å². The Balaban J connectivity index is 4.31. The fraction of sp³-hybridized carbons (Fsp3) is 1.00. The lowest BCUT2D eigenvalue weighted by Crippen LogP contribution is -2.54. The molecule has 0 rings (SSSR count). The molecule has 0 saturated carbocycles. The molecule has 0 aromatic rings. The molecule has 236 valence electrons. The SMILES string of the molecule is CCCCCCCCCCCCCCCC(C)(C)C(O)(CN)COCCC[Si](C)(O[Si](C)(C)C)O[Si](C)(C)C. The highest BCUT2D eigenvalue weighted by Crippen LogP contribution is 2.36. The summed E-state index contributed by atoms with van der Waals surface area (Å²) in [4.78, 5) is 0. The van der Waals surface area contributed by atoms with Gasteiger partial charge in [-0.3, -0.25) is 0 Å². The van der Waals surface area contributed by atoms with Crippen LogP contribution < -0.4 is 5.73 Å². The van der Waals surface area contributed by atoms with Crippen LogP contribution in [0.5, 0.6) is 0 Å². The normalized spacial score (nSPS) is 15.1. The molecule has 0 aliphatic carbocycles. The van der Waals surface area contributed by atoms with Crippen LogP contribution in [-0.4, -0.2) is 55.7 Å². The van der Waals surface area contributed by atoms with Crippen molar-refractivity contribution in [3.63, 3.8) is 0 Å². The van der Waals surface area contributed by atoms with Gasteiger partial charge in [-0.05, 0) is 70.1 Å². The Morgan fingerprint density at radius 3 is 1.44 bits per heavy atom. The minimum Gasteiger partial charge on any atom is -0.437 e. The zero-order chi connectivity index (χ0) is 30.1. The van der Waals surface area contributed by atoms with E-state index in [1.807, 2.05) is 0 Å². The molecule has 8 heteroatoms. The largest absolute Gasteiger partial charge is 0.437 e. The van der Waals surface area contributed by atoms with Gasteiger partial charge in [-0.1, -0.05) is 104 Å². The monoisotopic (exact) mass is 605 g/mol. The Hall–Kier alpha value is 0.451. The highest BCUT2D eigenvalue weighted by atomic mass is 28.5. The van der Waals surface area contributed by atoms with Gasteiger partial charge in [-0.2, -0.15) is 0 Å². The molecule has 0 spiro atoms. The van der Waals surface area contributed by atoms with Gasteiger partial charge < -0.3 is 23.8 Å². The predicted molar refractivity (Wildman–Crippen MR) is 179 cm³/mol. The van der Waals surface area contributed by atoms with E-state index in [1.54, 1.807) is 0 Å². The van der Waals surface area contributed by atoms with E-state index < -0.39 is 30.8 Å². The fourth-order valence-corrected chi connectivity index (χ4v) is 18.0. The lowest BCUT2D eigenvalue weighted by atomic mass is 9.71. The van der Waals surface area contributed by atoms with Crippen molar-refractivity contribution in [3.8, 4) is 0 Å². The summed E-state index contributed by atoms with van der Waals surface area (Å²) in [7, 11) is -5.64. The van der Waals surface area contributed by atoms with Crippen LogP contribution in [-0.2, 0) is 13.0 Å². The van der Waals surface area contributed by atoms with E-state index in [-0.39, 0.29) is 18.6 Å². The molecule has 5 nitrogen and oxygen atoms in total. The molecular formula is C31H71NO4Si3. The van der Waals surface area contributed by atoms with E-state index in [0.29, 0.717) is 6.61 Å². The van der Waals surface area contributed by atoms with Crippen LogP contribution in [0.1, 0.15) is 117 Å². The average molecular weight is 606 g/mol. The number of rotatable bonds is 26. The molecule has 0 bridgehead atoms. The Kier molecular flexibility index (Phi) is 19.8. The molecule has 39 heavy (non-hydrogen) atoms. The summed E-state index contributed by atoms with van der Waals surface area (Å²) in [6.45, 7) is 23.4. The minimum absolute atomic E-state index is 0.225. The Morgan fingerprint density at radius 1 is 0.641 bits per heavy atom. The molecule has 0 aliphatic heterocycles. The summed E-state index contributed by atoms with van der Waals surface area (Å²) >= 11 is 0. The van der Waals surface area contributed by atoms with Gasteiger partial charge in [0.25, 0.3) is 0 Å². The smallest absolute Gasteiger partial charge is 0.314 e. The van der Waals surface area contributed by atoms with Crippen molar-refractivity contribution in [3.05, 3.63) is 0 Å². The molecule has 0 aromatic heterocycles. The quantitative estimate of drug-likeness (QED) is 0.0759. The number of hydrogen-bond donors (Lipinski definition) is 2. The molecule has 1 unspecified atom stereocenters. The van der Waals surface area contributed by atoms with Crippen molar-refractivity contribution < 1.29 is 18.1 Å². The van der Waals surface area contributed by atoms with E-state index in [9.17, 15) is 5.11 Å². The first-order valence-electron chi connectivity index (χ1n) is 16.4. The van der Waals surface area contributed by atoms with Crippen molar-refractivity contribution >= 4 is 25.2 Å². The molecule has 3 N–H and O–H groups in total. The predicted octanol–water partition coefficient (Wildman–Crippen LogP) is 9.37. The molecule has 1 atom stereocenters. The first-order valence-corrected chi connectivity index (χ1v) is 25.7. The standard InChI is InChI=1S/C31H71NO4Si3/c1-11-12-13-14-15-16-17-18-19-20-21-22-23-25-30(2,3)31(33,28-32)29-34-26-24-27-39(10,35-37(4,5)6)36-38(7,8)9/h33H,11-29,32H2,1-10H3. The van der Waals surface area contributed by atoms with E-state index in [4.69, 9.17) is 18.7 Å². The van der Waals surface area contributed by atoms with Crippen molar-refractivity contribution in [1.29, 1.82) is 0 Å². The summed E-state index contributed by atoms with van der Waals surface area (Å²) in [6.07, 6.45) is 19.4. The van der Waals surface area contributed by atoms with Gasteiger partial charge in [-0.15, -0.1) is 0 Å². The van der Waals surface area contributed by atoms with E-state index in [2.05, 4.69) is 66.6 Å². The molecule has 0 radical (unpaired) electrons. The summed E-state index contributed by atoms with van der Waals surface area (Å²) in [6, 6.07) is 0.922. The highest BCUT2D eigenvalue weighted by molar-refractivity contribution is 6.87. The van der Waals surface area contributed by atoms with Gasteiger partial charge >= 0.3 is 8.56 Å². The molecule has 0 saturated heterocycles. The summed E-state index contributed by atoms with van der Waals surface area (Å²) in [5, 5.41) is 11.4. The number of nitrogens with two attached hydrogens (primary N) is 1. The summed E-state index contributed by atoms with van der Waals surface area (Å²) < 4.78 is 19.3. The Bertz CT molecular complexity index is 592. The highest BCUT2D eigenvalue weighted by Gasteiger charge is 2.43. The second-order valence-corrected chi connectivity index (χ2v) is 27.7. The maximum Gasteiger partial charge on any atom is 0.314 e. The number of hydrogen-bond acceptors (Lipinski definition) is 5. The van der Waals surface area contributed by atoms with Crippen LogP contribution in [0, 0.1) is 5.41 Å². The Morgan fingerprint density at radius 2 is 1.05 bits per heavy atom. The lowest BCUT2D eigenvalue weighted by Gasteiger charge is -2.42. The third kappa shape index (κ3) is 20.1. The molecule has 0 aliphatic rings. The van der Waals surface area contributed by atoms with Crippen molar-refractivity contribution in [1.82, 2.24) is 0 Å². The molecular weight excluding hydrogens is 535 g/mol. The van der Waals surface area contributed by atoms with Crippen LogP contribution >= 0.6 is 0 Å². The fourth-order valence-electron chi connectivity index (χ4n) is 5.50.